The van der Waals surface area contributed by atoms with Crippen molar-refractivity contribution in [1.29, 1.82) is 0 Å². The number of sulfonamides is 1. The average Bonchev–Trinajstić information content (AvgIpc) is 3.05. The SMILES string of the molecule is C[C@H](C(=O)OC(C)(C)C)N1Cc2ccc(-c3nc(NC4CCOCC4F)ncc3Cl)cc2S1(=O)=O. The lowest BCUT2D eigenvalue weighted by molar-refractivity contribution is -0.159. The third-order valence-corrected chi connectivity index (χ3v) is 8.05. The smallest absolute Gasteiger partial charge is 0.324 e. The molecule has 1 aromatic heterocycles. The molecule has 0 saturated carbocycles. The van der Waals surface area contributed by atoms with Crippen molar-refractivity contribution >= 4 is 33.5 Å². The van der Waals surface area contributed by atoms with Gasteiger partial charge in [-0.05, 0) is 45.7 Å². The van der Waals surface area contributed by atoms with Crippen LogP contribution in [0.15, 0.2) is 29.3 Å². The van der Waals surface area contributed by atoms with Gasteiger partial charge in [-0.15, -0.1) is 0 Å². The number of alkyl halides is 1. The van der Waals surface area contributed by atoms with Crippen LogP contribution in [0.25, 0.3) is 11.3 Å². The molecule has 1 fully saturated rings. The number of rotatable bonds is 5. The van der Waals surface area contributed by atoms with Gasteiger partial charge < -0.3 is 14.8 Å². The molecule has 0 bridgehead atoms. The second-order valence-electron chi connectivity index (χ2n) is 9.60. The van der Waals surface area contributed by atoms with E-state index in [1.165, 1.54) is 19.2 Å². The highest BCUT2D eigenvalue weighted by molar-refractivity contribution is 7.89. The van der Waals surface area contributed by atoms with Gasteiger partial charge in [0.2, 0.25) is 16.0 Å². The summed E-state index contributed by atoms with van der Waals surface area (Å²) in [7, 11) is -3.96. The van der Waals surface area contributed by atoms with Crippen LogP contribution in [0.2, 0.25) is 5.02 Å². The van der Waals surface area contributed by atoms with E-state index in [4.69, 9.17) is 21.1 Å². The summed E-state index contributed by atoms with van der Waals surface area (Å²) < 4.78 is 52.4. The Labute approximate surface area is 209 Å². The number of nitrogens with zero attached hydrogens (tertiary/aromatic N) is 3. The van der Waals surface area contributed by atoms with Gasteiger partial charge in [0.25, 0.3) is 0 Å². The summed E-state index contributed by atoms with van der Waals surface area (Å²) in [5.41, 5.74) is 0.578. The van der Waals surface area contributed by atoms with Crippen LogP contribution in [-0.4, -0.2) is 65.7 Å². The molecule has 0 aliphatic carbocycles. The van der Waals surface area contributed by atoms with E-state index in [-0.39, 0.29) is 29.0 Å². The number of halogens is 2. The molecule has 3 heterocycles. The first kappa shape index (κ1) is 25.7. The van der Waals surface area contributed by atoms with Crippen LogP contribution in [0, 0.1) is 0 Å². The van der Waals surface area contributed by atoms with Crippen LogP contribution >= 0.6 is 11.6 Å². The Morgan fingerprint density at radius 2 is 2.11 bits per heavy atom. The third kappa shape index (κ3) is 5.42. The standard InChI is InChI=1S/C23H28ClFN4O5S/c1-13(21(30)34-23(2,3)4)29-11-15-6-5-14(9-19(15)35(29,31)32)20-16(24)10-26-22(28-20)27-18-7-8-33-12-17(18)25/h5-6,9-10,13,17-18H,7-8,11-12H2,1-4H3,(H,26,27,28)/t13-,17?,18?/m1/s1. The van der Waals surface area contributed by atoms with Crippen LogP contribution in [0.5, 0.6) is 0 Å². The Morgan fingerprint density at radius 3 is 2.80 bits per heavy atom. The molecule has 2 aromatic rings. The average molecular weight is 527 g/mol. The molecule has 1 saturated heterocycles. The summed E-state index contributed by atoms with van der Waals surface area (Å²) in [6, 6.07) is 3.37. The highest BCUT2D eigenvalue weighted by Crippen LogP contribution is 2.37. The largest absolute Gasteiger partial charge is 0.459 e. The molecule has 2 aliphatic heterocycles. The number of ether oxygens (including phenoxy) is 2. The lowest BCUT2D eigenvalue weighted by atomic mass is 10.1. The maximum atomic E-state index is 14.1. The van der Waals surface area contributed by atoms with Gasteiger partial charge in [-0.25, -0.2) is 22.8 Å². The third-order valence-electron chi connectivity index (χ3n) is 5.78. The van der Waals surface area contributed by atoms with E-state index in [0.717, 1.165) is 4.31 Å². The molecule has 2 unspecified atom stereocenters. The molecule has 35 heavy (non-hydrogen) atoms. The number of esters is 1. The first-order chi connectivity index (χ1) is 16.4. The van der Waals surface area contributed by atoms with E-state index in [2.05, 4.69) is 15.3 Å². The van der Waals surface area contributed by atoms with E-state index in [0.29, 0.717) is 29.8 Å². The Bertz CT molecular complexity index is 1240. The van der Waals surface area contributed by atoms with E-state index < -0.39 is 39.8 Å². The quantitative estimate of drug-likeness (QED) is 0.589. The zero-order valence-corrected chi connectivity index (χ0v) is 21.5. The fraction of sp³-hybridized carbons (Fsp3) is 0.522. The van der Waals surface area contributed by atoms with E-state index in [9.17, 15) is 17.6 Å². The van der Waals surface area contributed by atoms with Crippen molar-refractivity contribution < 1.29 is 27.1 Å². The van der Waals surface area contributed by atoms with Crippen molar-refractivity contribution in [3.05, 3.63) is 35.0 Å². The summed E-state index contributed by atoms with van der Waals surface area (Å²) >= 11 is 6.34. The number of fused-ring (bicyclic) bond motifs is 1. The number of aromatic nitrogens is 2. The number of carbonyl (C=O) groups is 1. The van der Waals surface area contributed by atoms with Crippen molar-refractivity contribution in [3.8, 4) is 11.3 Å². The van der Waals surface area contributed by atoms with Crippen molar-refractivity contribution in [1.82, 2.24) is 14.3 Å². The number of anilines is 1. The van der Waals surface area contributed by atoms with Crippen LogP contribution in [0.3, 0.4) is 0 Å². The zero-order valence-electron chi connectivity index (χ0n) is 19.9. The highest BCUT2D eigenvalue weighted by Gasteiger charge is 2.41. The summed E-state index contributed by atoms with van der Waals surface area (Å²) in [5, 5.41) is 3.19. The Morgan fingerprint density at radius 1 is 1.37 bits per heavy atom. The minimum absolute atomic E-state index is 0.000979. The summed E-state index contributed by atoms with van der Waals surface area (Å²) in [4.78, 5) is 21.2. The minimum atomic E-state index is -3.96. The molecule has 2 aliphatic rings. The predicted octanol–water partition coefficient (Wildman–Crippen LogP) is 3.57. The molecular weight excluding hydrogens is 499 g/mol. The molecule has 190 valence electrons. The normalized spacial score (nSPS) is 22.9. The van der Waals surface area contributed by atoms with Crippen LogP contribution in [0.4, 0.5) is 10.3 Å². The van der Waals surface area contributed by atoms with Gasteiger partial charge in [0.1, 0.15) is 17.8 Å². The molecule has 0 spiro atoms. The fourth-order valence-corrected chi connectivity index (χ4v) is 5.98. The maximum absolute atomic E-state index is 14.1. The van der Waals surface area contributed by atoms with Crippen molar-refractivity contribution in [2.24, 2.45) is 0 Å². The van der Waals surface area contributed by atoms with Gasteiger partial charge in [0.15, 0.2) is 0 Å². The molecule has 1 aromatic carbocycles. The molecular formula is C23H28ClFN4O5S. The topological polar surface area (TPSA) is 111 Å². The van der Waals surface area contributed by atoms with Crippen molar-refractivity contribution in [2.45, 2.75) is 69.4 Å². The summed E-state index contributed by atoms with van der Waals surface area (Å²) in [5.74, 6) is -0.439. The monoisotopic (exact) mass is 526 g/mol. The lowest BCUT2D eigenvalue weighted by Crippen LogP contribution is -2.42. The zero-order chi connectivity index (χ0) is 25.5. The number of hydrogen-bond donors (Lipinski definition) is 1. The van der Waals surface area contributed by atoms with Gasteiger partial charge in [0.05, 0.1) is 34.5 Å². The fourth-order valence-electron chi connectivity index (χ4n) is 3.97. The van der Waals surface area contributed by atoms with Gasteiger partial charge >= 0.3 is 5.97 Å². The lowest BCUT2D eigenvalue weighted by Gasteiger charge is -2.26. The number of benzene rings is 1. The summed E-state index contributed by atoms with van der Waals surface area (Å²) in [6.45, 7) is 7.15. The van der Waals surface area contributed by atoms with Crippen LogP contribution in [-0.2, 0) is 30.8 Å². The molecule has 0 radical (unpaired) electrons. The van der Waals surface area contributed by atoms with Gasteiger partial charge in [-0.2, -0.15) is 4.31 Å². The second-order valence-corrected chi connectivity index (χ2v) is 11.9. The second kappa shape index (κ2) is 9.61. The molecule has 3 atom stereocenters. The van der Waals surface area contributed by atoms with Gasteiger partial charge in [-0.3, -0.25) is 4.79 Å². The van der Waals surface area contributed by atoms with Crippen molar-refractivity contribution in [2.75, 3.05) is 18.5 Å². The number of nitrogens with one attached hydrogen (secondary N) is 1. The number of carbonyl (C=O) groups excluding carboxylic acids is 1. The molecule has 0 amide bonds. The van der Waals surface area contributed by atoms with E-state index >= 15 is 0 Å². The van der Waals surface area contributed by atoms with Crippen LogP contribution < -0.4 is 5.32 Å². The Kier molecular flexibility index (Phi) is 7.07. The summed E-state index contributed by atoms with van der Waals surface area (Å²) in [6.07, 6.45) is 0.650. The van der Waals surface area contributed by atoms with Crippen molar-refractivity contribution in [3.63, 3.8) is 0 Å². The first-order valence-corrected chi connectivity index (χ1v) is 13.1. The molecule has 4 rings (SSSR count). The predicted molar refractivity (Wildman–Crippen MR) is 128 cm³/mol. The Hall–Kier alpha value is -2.34. The molecule has 9 nitrogen and oxygen atoms in total. The van der Waals surface area contributed by atoms with E-state index in [1.54, 1.807) is 32.9 Å². The van der Waals surface area contributed by atoms with Crippen LogP contribution in [0.1, 0.15) is 39.7 Å². The maximum Gasteiger partial charge on any atom is 0.324 e. The molecule has 12 heteroatoms. The number of hydrogen-bond acceptors (Lipinski definition) is 8. The first-order valence-electron chi connectivity index (χ1n) is 11.3. The van der Waals surface area contributed by atoms with E-state index in [1.807, 2.05) is 0 Å². The highest BCUT2D eigenvalue weighted by atomic mass is 35.5. The van der Waals surface area contributed by atoms with Gasteiger partial charge in [0, 0.05) is 18.7 Å². The Balaban J connectivity index is 1.61. The minimum Gasteiger partial charge on any atom is -0.459 e. The van der Waals surface area contributed by atoms with Gasteiger partial charge in [-0.1, -0.05) is 23.7 Å². The molecule has 1 N–H and O–H groups in total.